The first-order chi connectivity index (χ1) is 8.33. The van der Waals surface area contributed by atoms with Gasteiger partial charge in [0.2, 0.25) is 0 Å². The molecule has 0 aliphatic heterocycles. The summed E-state index contributed by atoms with van der Waals surface area (Å²) in [4.78, 5) is 12.8. The third-order valence-corrected chi connectivity index (χ3v) is 3.40. The molecular formula is C14H15NOS. The Bertz CT molecular complexity index is 490. The SMILES string of the molecule is CCCNC(=O)c1sccc1-c1ccccc1. The lowest BCUT2D eigenvalue weighted by Crippen LogP contribution is -2.23. The highest BCUT2D eigenvalue weighted by molar-refractivity contribution is 7.12. The lowest BCUT2D eigenvalue weighted by molar-refractivity contribution is 0.0958. The summed E-state index contributed by atoms with van der Waals surface area (Å²) < 4.78 is 0. The number of thiophene rings is 1. The Balaban J connectivity index is 2.26. The zero-order valence-electron chi connectivity index (χ0n) is 9.77. The van der Waals surface area contributed by atoms with E-state index in [0.29, 0.717) is 0 Å². The molecule has 0 radical (unpaired) electrons. The van der Waals surface area contributed by atoms with Crippen molar-refractivity contribution in [3.63, 3.8) is 0 Å². The van der Waals surface area contributed by atoms with E-state index in [1.165, 1.54) is 11.3 Å². The summed E-state index contributed by atoms with van der Waals surface area (Å²) >= 11 is 1.49. The largest absolute Gasteiger partial charge is 0.351 e. The Morgan fingerprint density at radius 2 is 2.00 bits per heavy atom. The highest BCUT2D eigenvalue weighted by atomic mass is 32.1. The second-order valence-electron chi connectivity index (χ2n) is 3.79. The van der Waals surface area contributed by atoms with E-state index in [4.69, 9.17) is 0 Å². The number of rotatable bonds is 4. The molecule has 0 unspecified atom stereocenters. The molecule has 2 nitrogen and oxygen atoms in total. The van der Waals surface area contributed by atoms with Crippen LogP contribution < -0.4 is 5.32 Å². The molecule has 0 atom stereocenters. The van der Waals surface area contributed by atoms with Gasteiger partial charge >= 0.3 is 0 Å². The number of amides is 1. The summed E-state index contributed by atoms with van der Waals surface area (Å²) in [6.45, 7) is 2.78. The molecule has 0 aliphatic rings. The summed E-state index contributed by atoms with van der Waals surface area (Å²) in [6, 6.07) is 12.0. The number of nitrogens with one attached hydrogen (secondary N) is 1. The van der Waals surface area contributed by atoms with Gasteiger partial charge < -0.3 is 5.32 Å². The minimum absolute atomic E-state index is 0.0284. The van der Waals surface area contributed by atoms with Crippen molar-refractivity contribution in [2.45, 2.75) is 13.3 Å². The lowest BCUT2D eigenvalue weighted by Gasteiger charge is -2.04. The fraction of sp³-hybridized carbons (Fsp3) is 0.214. The Morgan fingerprint density at radius 3 is 2.71 bits per heavy atom. The van der Waals surface area contributed by atoms with Crippen LogP contribution in [0.5, 0.6) is 0 Å². The van der Waals surface area contributed by atoms with Gasteiger partial charge in [0.1, 0.15) is 0 Å². The Hall–Kier alpha value is -1.61. The van der Waals surface area contributed by atoms with Crippen LogP contribution in [0.3, 0.4) is 0 Å². The van der Waals surface area contributed by atoms with Crippen LogP contribution in [-0.2, 0) is 0 Å². The summed E-state index contributed by atoms with van der Waals surface area (Å²) in [5.41, 5.74) is 2.11. The van der Waals surface area contributed by atoms with Gasteiger partial charge in [-0.15, -0.1) is 11.3 Å². The molecule has 0 saturated heterocycles. The second kappa shape index (κ2) is 5.64. The fourth-order valence-electron chi connectivity index (χ4n) is 1.65. The minimum Gasteiger partial charge on any atom is -0.351 e. The molecule has 0 saturated carbocycles. The average Bonchev–Trinajstić information content (AvgIpc) is 2.86. The van der Waals surface area contributed by atoms with Crippen LogP contribution in [0.15, 0.2) is 41.8 Å². The summed E-state index contributed by atoms with van der Waals surface area (Å²) in [6.07, 6.45) is 0.956. The third-order valence-electron chi connectivity index (χ3n) is 2.49. The lowest BCUT2D eigenvalue weighted by atomic mass is 10.1. The van der Waals surface area contributed by atoms with Crippen molar-refractivity contribution < 1.29 is 4.79 Å². The maximum atomic E-state index is 12.0. The molecule has 0 aliphatic carbocycles. The van der Waals surface area contributed by atoms with Crippen LogP contribution in [0.25, 0.3) is 11.1 Å². The highest BCUT2D eigenvalue weighted by Crippen LogP contribution is 2.27. The average molecular weight is 245 g/mol. The van der Waals surface area contributed by atoms with Gasteiger partial charge in [0.15, 0.2) is 0 Å². The van der Waals surface area contributed by atoms with E-state index >= 15 is 0 Å². The van der Waals surface area contributed by atoms with Gasteiger partial charge in [-0.25, -0.2) is 0 Å². The number of carbonyl (C=O) groups excluding carboxylic acids is 1. The Kier molecular flexibility index (Phi) is 3.94. The van der Waals surface area contributed by atoms with E-state index in [2.05, 4.69) is 5.32 Å². The number of carbonyl (C=O) groups is 1. The second-order valence-corrected chi connectivity index (χ2v) is 4.70. The Morgan fingerprint density at radius 1 is 1.24 bits per heavy atom. The fourth-order valence-corrected chi connectivity index (χ4v) is 2.48. The van der Waals surface area contributed by atoms with E-state index in [-0.39, 0.29) is 5.91 Å². The minimum atomic E-state index is 0.0284. The zero-order chi connectivity index (χ0) is 12.1. The topological polar surface area (TPSA) is 29.1 Å². The molecule has 1 heterocycles. The monoisotopic (exact) mass is 245 g/mol. The van der Waals surface area contributed by atoms with Crippen molar-refractivity contribution >= 4 is 17.2 Å². The zero-order valence-corrected chi connectivity index (χ0v) is 10.6. The predicted octanol–water partition coefficient (Wildman–Crippen LogP) is 3.55. The van der Waals surface area contributed by atoms with Crippen LogP contribution in [0.2, 0.25) is 0 Å². The van der Waals surface area contributed by atoms with Gasteiger partial charge in [0.05, 0.1) is 4.88 Å². The van der Waals surface area contributed by atoms with Crippen LogP contribution in [-0.4, -0.2) is 12.5 Å². The van der Waals surface area contributed by atoms with Gasteiger partial charge in [-0.2, -0.15) is 0 Å². The highest BCUT2D eigenvalue weighted by Gasteiger charge is 2.13. The maximum Gasteiger partial charge on any atom is 0.261 e. The van der Waals surface area contributed by atoms with E-state index in [9.17, 15) is 4.79 Å². The summed E-state index contributed by atoms with van der Waals surface area (Å²) in [5.74, 6) is 0.0284. The number of benzene rings is 1. The molecule has 1 aromatic heterocycles. The molecule has 1 N–H and O–H groups in total. The van der Waals surface area contributed by atoms with Crippen LogP contribution in [0.4, 0.5) is 0 Å². The van der Waals surface area contributed by atoms with Crippen molar-refractivity contribution in [3.8, 4) is 11.1 Å². The maximum absolute atomic E-state index is 12.0. The molecule has 1 aromatic carbocycles. The van der Waals surface area contributed by atoms with Gasteiger partial charge in [0.25, 0.3) is 5.91 Å². The first-order valence-corrected chi connectivity index (χ1v) is 6.62. The van der Waals surface area contributed by atoms with E-state index < -0.39 is 0 Å². The molecule has 0 fully saturated rings. The standard InChI is InChI=1S/C14H15NOS/c1-2-9-15-14(16)13-12(8-10-17-13)11-6-4-3-5-7-11/h3-8,10H,2,9H2,1H3,(H,15,16). The van der Waals surface area contributed by atoms with Gasteiger partial charge in [-0.3, -0.25) is 4.79 Å². The molecule has 2 aromatic rings. The molecule has 2 rings (SSSR count). The van der Waals surface area contributed by atoms with Gasteiger partial charge in [-0.05, 0) is 23.4 Å². The van der Waals surface area contributed by atoms with Crippen molar-refractivity contribution in [2.24, 2.45) is 0 Å². The smallest absolute Gasteiger partial charge is 0.261 e. The first-order valence-electron chi connectivity index (χ1n) is 5.74. The van der Waals surface area contributed by atoms with Crippen molar-refractivity contribution in [1.82, 2.24) is 5.32 Å². The van der Waals surface area contributed by atoms with Crippen molar-refractivity contribution in [3.05, 3.63) is 46.7 Å². The quantitative estimate of drug-likeness (QED) is 0.876. The van der Waals surface area contributed by atoms with E-state index in [1.807, 2.05) is 48.7 Å². The predicted molar refractivity (Wildman–Crippen MR) is 72.4 cm³/mol. The Labute approximate surface area is 105 Å². The van der Waals surface area contributed by atoms with E-state index in [0.717, 1.165) is 29.0 Å². The van der Waals surface area contributed by atoms with Gasteiger partial charge in [0, 0.05) is 12.1 Å². The van der Waals surface area contributed by atoms with Crippen molar-refractivity contribution in [2.75, 3.05) is 6.54 Å². The summed E-state index contributed by atoms with van der Waals surface area (Å²) in [7, 11) is 0. The molecular weight excluding hydrogens is 230 g/mol. The molecule has 0 bridgehead atoms. The first kappa shape index (κ1) is 11.9. The van der Waals surface area contributed by atoms with Crippen LogP contribution >= 0.6 is 11.3 Å². The number of hydrogen-bond acceptors (Lipinski definition) is 2. The van der Waals surface area contributed by atoms with Crippen LogP contribution in [0.1, 0.15) is 23.0 Å². The number of hydrogen-bond donors (Lipinski definition) is 1. The van der Waals surface area contributed by atoms with Gasteiger partial charge in [-0.1, -0.05) is 37.3 Å². The van der Waals surface area contributed by atoms with Crippen molar-refractivity contribution in [1.29, 1.82) is 0 Å². The van der Waals surface area contributed by atoms with E-state index in [1.54, 1.807) is 0 Å². The molecule has 17 heavy (non-hydrogen) atoms. The molecule has 0 spiro atoms. The molecule has 88 valence electrons. The third kappa shape index (κ3) is 2.74. The summed E-state index contributed by atoms with van der Waals surface area (Å²) in [5, 5.41) is 4.88. The van der Waals surface area contributed by atoms with Crippen LogP contribution in [0, 0.1) is 0 Å². The molecule has 3 heteroatoms. The normalized spacial score (nSPS) is 10.2. The molecule has 1 amide bonds.